The van der Waals surface area contributed by atoms with Crippen LogP contribution in [-0.4, -0.2) is 63.5 Å². The fourth-order valence-electron chi connectivity index (χ4n) is 1.74. The van der Waals surface area contributed by atoms with Gasteiger partial charge in [0.05, 0.1) is 19.3 Å². The molecule has 102 valence electrons. The maximum atomic E-state index is 5.58. The molecular formula is C13H28N2O2. The van der Waals surface area contributed by atoms with Gasteiger partial charge < -0.3 is 14.8 Å². The minimum atomic E-state index is 0.314. The normalized spacial score (nSPS) is 18.0. The van der Waals surface area contributed by atoms with E-state index >= 15 is 0 Å². The van der Waals surface area contributed by atoms with Crippen molar-refractivity contribution in [3.05, 3.63) is 0 Å². The highest BCUT2D eigenvalue weighted by Gasteiger charge is 2.23. The predicted molar refractivity (Wildman–Crippen MR) is 70.4 cm³/mol. The molecule has 4 heteroatoms. The van der Waals surface area contributed by atoms with Crippen molar-refractivity contribution >= 4 is 0 Å². The molecule has 0 saturated heterocycles. The van der Waals surface area contributed by atoms with Gasteiger partial charge in [0.15, 0.2) is 0 Å². The predicted octanol–water partition coefficient (Wildman–Crippen LogP) is 1.11. The maximum absolute atomic E-state index is 5.58. The van der Waals surface area contributed by atoms with E-state index in [1.54, 1.807) is 7.11 Å². The molecule has 1 rings (SSSR count). The molecule has 4 nitrogen and oxygen atoms in total. The molecule has 0 bridgehead atoms. The first-order valence-corrected chi connectivity index (χ1v) is 6.67. The smallest absolute Gasteiger partial charge is 0.0630 e. The van der Waals surface area contributed by atoms with Crippen LogP contribution >= 0.6 is 0 Å². The quantitative estimate of drug-likeness (QED) is 0.624. The monoisotopic (exact) mass is 244 g/mol. The average molecular weight is 244 g/mol. The zero-order chi connectivity index (χ0) is 12.7. The first-order chi connectivity index (χ1) is 8.13. The number of nitrogens with one attached hydrogen (secondary N) is 1. The Morgan fingerprint density at radius 1 is 1.35 bits per heavy atom. The molecule has 1 atom stereocenters. The largest absolute Gasteiger partial charge is 0.383 e. The lowest BCUT2D eigenvalue weighted by Gasteiger charge is -2.28. The van der Waals surface area contributed by atoms with Gasteiger partial charge in [0.1, 0.15) is 0 Å². The van der Waals surface area contributed by atoms with E-state index in [1.807, 2.05) is 0 Å². The van der Waals surface area contributed by atoms with Crippen LogP contribution in [0.3, 0.4) is 0 Å². The summed E-state index contributed by atoms with van der Waals surface area (Å²) in [6.07, 6.45) is 2.98. The molecule has 0 aromatic heterocycles. The standard InChI is InChI=1S/C13H28N2O2/c1-11(2)17-8-7-15(3)13(10-16-4)9-14-12-5-6-12/h11-14H,5-10H2,1-4H3. The Bertz CT molecular complexity index is 196. The van der Waals surface area contributed by atoms with E-state index < -0.39 is 0 Å². The molecule has 0 radical (unpaired) electrons. The number of methoxy groups -OCH3 is 1. The summed E-state index contributed by atoms with van der Waals surface area (Å²) in [5, 5.41) is 3.56. The number of hydrogen-bond acceptors (Lipinski definition) is 4. The third kappa shape index (κ3) is 6.99. The molecule has 1 N–H and O–H groups in total. The van der Waals surface area contributed by atoms with Gasteiger partial charge in [0, 0.05) is 32.3 Å². The first kappa shape index (κ1) is 14.9. The zero-order valence-corrected chi connectivity index (χ0v) is 11.7. The second-order valence-electron chi connectivity index (χ2n) is 5.19. The van der Waals surface area contributed by atoms with Crippen LogP contribution in [0.1, 0.15) is 26.7 Å². The summed E-state index contributed by atoms with van der Waals surface area (Å²) in [5.41, 5.74) is 0. The van der Waals surface area contributed by atoms with E-state index in [9.17, 15) is 0 Å². The molecule has 1 aliphatic rings. The highest BCUT2D eigenvalue weighted by atomic mass is 16.5. The molecule has 1 aliphatic carbocycles. The summed E-state index contributed by atoms with van der Waals surface area (Å²) >= 11 is 0. The molecular weight excluding hydrogens is 216 g/mol. The van der Waals surface area contributed by atoms with Gasteiger partial charge in [-0.2, -0.15) is 0 Å². The van der Waals surface area contributed by atoms with Crippen molar-refractivity contribution in [2.24, 2.45) is 0 Å². The number of hydrogen-bond donors (Lipinski definition) is 1. The van der Waals surface area contributed by atoms with Crippen LogP contribution in [0.2, 0.25) is 0 Å². The van der Waals surface area contributed by atoms with Crippen LogP contribution in [0.25, 0.3) is 0 Å². The fourth-order valence-corrected chi connectivity index (χ4v) is 1.74. The van der Waals surface area contributed by atoms with E-state index in [-0.39, 0.29) is 0 Å². The maximum Gasteiger partial charge on any atom is 0.0630 e. The summed E-state index contributed by atoms with van der Waals surface area (Å²) in [6.45, 7) is 7.67. The summed E-state index contributed by atoms with van der Waals surface area (Å²) in [6, 6.07) is 1.20. The third-order valence-electron chi connectivity index (χ3n) is 3.10. The summed E-state index contributed by atoms with van der Waals surface area (Å²) < 4.78 is 10.9. The van der Waals surface area contributed by atoms with Crippen molar-refractivity contribution in [1.82, 2.24) is 10.2 Å². The molecule has 17 heavy (non-hydrogen) atoms. The van der Waals surface area contributed by atoms with E-state index in [0.29, 0.717) is 12.1 Å². The molecule has 0 heterocycles. The molecule has 0 aromatic rings. The molecule has 0 spiro atoms. The number of nitrogens with zero attached hydrogens (tertiary/aromatic N) is 1. The van der Waals surface area contributed by atoms with Crippen LogP contribution in [-0.2, 0) is 9.47 Å². The van der Waals surface area contributed by atoms with Crippen LogP contribution < -0.4 is 5.32 Å². The Labute approximate surface area is 106 Å². The highest BCUT2D eigenvalue weighted by molar-refractivity contribution is 4.83. The van der Waals surface area contributed by atoms with Crippen molar-refractivity contribution in [3.8, 4) is 0 Å². The lowest BCUT2D eigenvalue weighted by atomic mass is 10.2. The van der Waals surface area contributed by atoms with Crippen LogP contribution in [0.15, 0.2) is 0 Å². The number of likely N-dealkylation sites (N-methyl/N-ethyl adjacent to an activating group) is 1. The second kappa shape index (κ2) is 8.03. The zero-order valence-electron chi connectivity index (χ0n) is 11.7. The fraction of sp³-hybridized carbons (Fsp3) is 1.00. The first-order valence-electron chi connectivity index (χ1n) is 6.67. The van der Waals surface area contributed by atoms with Crippen molar-refractivity contribution in [2.45, 2.75) is 44.9 Å². The van der Waals surface area contributed by atoms with Crippen LogP contribution in [0, 0.1) is 0 Å². The summed E-state index contributed by atoms with van der Waals surface area (Å²) in [5.74, 6) is 0. The minimum absolute atomic E-state index is 0.314. The number of ether oxygens (including phenoxy) is 2. The Kier molecular flexibility index (Phi) is 7.04. The Morgan fingerprint density at radius 2 is 2.06 bits per heavy atom. The number of rotatable bonds is 10. The van der Waals surface area contributed by atoms with Gasteiger partial charge in [-0.05, 0) is 33.7 Å². The third-order valence-corrected chi connectivity index (χ3v) is 3.10. The van der Waals surface area contributed by atoms with Gasteiger partial charge in [0.25, 0.3) is 0 Å². The lowest BCUT2D eigenvalue weighted by Crippen LogP contribution is -2.45. The van der Waals surface area contributed by atoms with Gasteiger partial charge in [-0.3, -0.25) is 4.90 Å². The Morgan fingerprint density at radius 3 is 2.59 bits per heavy atom. The van der Waals surface area contributed by atoms with Gasteiger partial charge in [-0.15, -0.1) is 0 Å². The van der Waals surface area contributed by atoms with Gasteiger partial charge >= 0.3 is 0 Å². The summed E-state index contributed by atoms with van der Waals surface area (Å²) in [7, 11) is 3.91. The minimum Gasteiger partial charge on any atom is -0.383 e. The molecule has 0 aromatic carbocycles. The Balaban J connectivity index is 2.17. The van der Waals surface area contributed by atoms with E-state index in [0.717, 1.165) is 32.3 Å². The van der Waals surface area contributed by atoms with Crippen LogP contribution in [0.5, 0.6) is 0 Å². The van der Waals surface area contributed by atoms with Crippen molar-refractivity contribution < 1.29 is 9.47 Å². The molecule has 1 saturated carbocycles. The second-order valence-corrected chi connectivity index (χ2v) is 5.19. The molecule has 1 unspecified atom stereocenters. The molecule has 0 aliphatic heterocycles. The van der Waals surface area contributed by atoms with Crippen LogP contribution in [0.4, 0.5) is 0 Å². The van der Waals surface area contributed by atoms with Crippen molar-refractivity contribution in [2.75, 3.05) is 40.5 Å². The molecule has 1 fully saturated rings. The van der Waals surface area contributed by atoms with E-state index in [1.165, 1.54) is 12.8 Å². The highest BCUT2D eigenvalue weighted by Crippen LogP contribution is 2.18. The van der Waals surface area contributed by atoms with Gasteiger partial charge in [-0.1, -0.05) is 0 Å². The van der Waals surface area contributed by atoms with E-state index in [4.69, 9.17) is 9.47 Å². The van der Waals surface area contributed by atoms with Crippen molar-refractivity contribution in [1.29, 1.82) is 0 Å². The average Bonchev–Trinajstić information content (AvgIpc) is 3.07. The van der Waals surface area contributed by atoms with Crippen molar-refractivity contribution in [3.63, 3.8) is 0 Å². The lowest BCUT2D eigenvalue weighted by molar-refractivity contribution is 0.0418. The van der Waals surface area contributed by atoms with E-state index in [2.05, 4.69) is 31.1 Å². The Hall–Kier alpha value is -0.160. The SMILES string of the molecule is COCC(CNC1CC1)N(C)CCOC(C)C. The molecule has 0 amide bonds. The van der Waals surface area contributed by atoms with Gasteiger partial charge in [0.2, 0.25) is 0 Å². The topological polar surface area (TPSA) is 33.7 Å². The summed E-state index contributed by atoms with van der Waals surface area (Å²) in [4.78, 5) is 2.32. The van der Waals surface area contributed by atoms with Gasteiger partial charge in [-0.25, -0.2) is 0 Å².